The lowest BCUT2D eigenvalue weighted by Crippen LogP contribution is -2.64. The van der Waals surface area contributed by atoms with Crippen LogP contribution in [0, 0.1) is 5.41 Å². The predicted molar refractivity (Wildman–Crippen MR) is 177 cm³/mol. The van der Waals surface area contributed by atoms with Gasteiger partial charge in [0.1, 0.15) is 0 Å². The van der Waals surface area contributed by atoms with Crippen molar-refractivity contribution in [3.8, 4) is 0 Å². The van der Waals surface area contributed by atoms with Crippen molar-refractivity contribution in [2.75, 3.05) is 27.3 Å². The Hall–Kier alpha value is -1.30. The molecule has 0 aromatic heterocycles. The van der Waals surface area contributed by atoms with Gasteiger partial charge >= 0.3 is 11.9 Å². The topological polar surface area (TPSA) is 118 Å². The van der Waals surface area contributed by atoms with Crippen molar-refractivity contribution in [1.82, 2.24) is 9.80 Å². The number of unbranched alkanes of at least 4 members (excludes halogenated alkanes) is 4. The van der Waals surface area contributed by atoms with Gasteiger partial charge in [0, 0.05) is 54.3 Å². The van der Waals surface area contributed by atoms with Crippen molar-refractivity contribution in [2.24, 2.45) is 5.41 Å². The van der Waals surface area contributed by atoms with E-state index in [1.54, 1.807) is 0 Å². The van der Waals surface area contributed by atoms with Gasteiger partial charge in [-0.25, -0.2) is 0 Å². The van der Waals surface area contributed by atoms with Crippen LogP contribution in [0.1, 0.15) is 139 Å². The molecule has 4 aliphatic heterocycles. The maximum absolute atomic E-state index is 13.4. The number of nitrogens with zero attached hydrogens (tertiary/aromatic N) is 2. The summed E-state index contributed by atoms with van der Waals surface area (Å²) in [6.07, 6.45) is 7.54. The molecule has 0 aliphatic carbocycles. The van der Waals surface area contributed by atoms with Crippen LogP contribution in [0.5, 0.6) is 0 Å². The molecule has 2 atom stereocenters. The highest BCUT2D eigenvalue weighted by Crippen LogP contribution is 2.52. The van der Waals surface area contributed by atoms with Crippen LogP contribution in [0.25, 0.3) is 0 Å². The first kappa shape index (κ1) is 37.5. The van der Waals surface area contributed by atoms with Gasteiger partial charge in [-0.2, -0.15) is 0 Å². The van der Waals surface area contributed by atoms with Crippen LogP contribution in [0.4, 0.5) is 0 Å². The Balaban J connectivity index is 1.51. The van der Waals surface area contributed by atoms with E-state index >= 15 is 0 Å². The third kappa shape index (κ3) is 8.11. The normalized spacial score (nSPS) is 30.8. The van der Waals surface area contributed by atoms with Crippen LogP contribution in [0.3, 0.4) is 0 Å². The maximum atomic E-state index is 13.4. The highest BCUT2D eigenvalue weighted by Gasteiger charge is 2.59. The van der Waals surface area contributed by atoms with Gasteiger partial charge in [0.15, 0.2) is 11.6 Å². The summed E-state index contributed by atoms with van der Waals surface area (Å²) in [6.45, 7) is 18.5. The summed E-state index contributed by atoms with van der Waals surface area (Å²) in [7, 11) is 4.30. The number of carboxylic acids is 2. The molecule has 0 radical (unpaired) electrons. The molecule has 2 N–H and O–H groups in total. The van der Waals surface area contributed by atoms with Crippen molar-refractivity contribution in [3.63, 3.8) is 0 Å². The Kier molecular flexibility index (Phi) is 10.8. The molecule has 4 aliphatic rings. The molecular formula is C36H64N2O8. The van der Waals surface area contributed by atoms with E-state index in [0.29, 0.717) is 38.9 Å². The number of hydrogen-bond acceptors (Lipinski definition) is 8. The quantitative estimate of drug-likeness (QED) is 0.215. The van der Waals surface area contributed by atoms with Crippen molar-refractivity contribution >= 4 is 11.9 Å². The van der Waals surface area contributed by atoms with E-state index in [0.717, 1.165) is 51.4 Å². The second-order valence-corrected chi connectivity index (χ2v) is 17.7. The van der Waals surface area contributed by atoms with Crippen molar-refractivity contribution in [2.45, 2.75) is 185 Å². The fourth-order valence-electron chi connectivity index (χ4n) is 9.39. The van der Waals surface area contributed by atoms with Gasteiger partial charge in [0.05, 0.1) is 30.8 Å². The zero-order chi connectivity index (χ0) is 34.4. The molecule has 10 heteroatoms. The molecular weight excluding hydrogens is 588 g/mol. The van der Waals surface area contributed by atoms with Crippen molar-refractivity contribution in [1.29, 1.82) is 0 Å². The summed E-state index contributed by atoms with van der Waals surface area (Å²) in [4.78, 5) is 29.1. The van der Waals surface area contributed by atoms with Gasteiger partial charge in [-0.05, 0) is 95.2 Å². The molecule has 46 heavy (non-hydrogen) atoms. The Morgan fingerprint density at radius 2 is 1.02 bits per heavy atom. The molecule has 4 heterocycles. The average molecular weight is 653 g/mol. The summed E-state index contributed by atoms with van der Waals surface area (Å²) in [5.74, 6) is -3.06. The van der Waals surface area contributed by atoms with Crippen LogP contribution < -0.4 is 0 Å². The Morgan fingerprint density at radius 3 is 1.39 bits per heavy atom. The second-order valence-electron chi connectivity index (χ2n) is 17.7. The molecule has 0 bridgehead atoms. The van der Waals surface area contributed by atoms with Gasteiger partial charge in [-0.1, -0.05) is 25.7 Å². The van der Waals surface area contributed by atoms with E-state index in [-0.39, 0.29) is 40.8 Å². The largest absolute Gasteiger partial charge is 0.481 e. The number of aliphatic carboxylic acids is 2. The third-order valence-electron chi connectivity index (χ3n) is 12.0. The highest BCUT2D eigenvalue weighted by molar-refractivity contribution is 5.74. The zero-order valence-corrected chi connectivity index (χ0v) is 30.5. The average Bonchev–Trinajstić information content (AvgIpc) is 3.46. The van der Waals surface area contributed by atoms with Crippen molar-refractivity contribution < 1.29 is 38.7 Å². The smallest absolute Gasteiger partial charge is 0.309 e. The summed E-state index contributed by atoms with van der Waals surface area (Å²) in [6, 6.07) is 0. The highest BCUT2D eigenvalue weighted by atomic mass is 16.8. The zero-order valence-electron chi connectivity index (χ0n) is 30.5. The van der Waals surface area contributed by atoms with E-state index in [1.165, 1.54) is 0 Å². The first-order chi connectivity index (χ1) is 21.1. The van der Waals surface area contributed by atoms with Gasteiger partial charge < -0.3 is 29.2 Å². The number of hydrogen-bond donors (Lipinski definition) is 2. The molecule has 4 rings (SSSR count). The van der Waals surface area contributed by atoms with Crippen LogP contribution in [-0.4, -0.2) is 105 Å². The van der Waals surface area contributed by atoms with Crippen LogP contribution >= 0.6 is 0 Å². The maximum Gasteiger partial charge on any atom is 0.309 e. The SMILES string of the molecule is CN1C(C)(C)CC2(CC1(C)C)OCC(CC(CCCCCCCC(=O)O)(CC1COC3(CC(C)(C)N(C)C(C)(C)C3)O1)C(=O)O)O2. The number of rotatable bonds is 13. The van der Waals surface area contributed by atoms with Gasteiger partial charge in [0.25, 0.3) is 0 Å². The first-order valence-electron chi connectivity index (χ1n) is 17.6. The minimum Gasteiger partial charge on any atom is -0.481 e. The van der Waals surface area contributed by atoms with Crippen LogP contribution in [0.2, 0.25) is 0 Å². The summed E-state index contributed by atoms with van der Waals surface area (Å²) in [5.41, 5.74) is -1.62. The molecule has 4 saturated heterocycles. The van der Waals surface area contributed by atoms with E-state index in [9.17, 15) is 14.7 Å². The molecule has 266 valence electrons. The van der Waals surface area contributed by atoms with E-state index < -0.39 is 28.9 Å². The molecule has 0 aromatic carbocycles. The number of ether oxygens (including phenoxy) is 4. The van der Waals surface area contributed by atoms with E-state index in [4.69, 9.17) is 24.1 Å². The Morgan fingerprint density at radius 1 is 0.652 bits per heavy atom. The molecule has 0 aromatic rings. The second kappa shape index (κ2) is 13.2. The molecule has 0 saturated carbocycles. The number of likely N-dealkylation sites (tertiary alicyclic amines) is 2. The van der Waals surface area contributed by atoms with Crippen LogP contribution in [-0.2, 0) is 28.5 Å². The first-order valence-corrected chi connectivity index (χ1v) is 17.6. The van der Waals surface area contributed by atoms with Crippen LogP contribution in [0.15, 0.2) is 0 Å². The minimum atomic E-state index is -1.06. The molecule has 0 amide bonds. The number of piperidine rings is 2. The lowest BCUT2D eigenvalue weighted by atomic mass is 9.73. The Bertz CT molecular complexity index is 1000. The lowest BCUT2D eigenvalue weighted by molar-refractivity contribution is -0.246. The summed E-state index contributed by atoms with van der Waals surface area (Å²) in [5, 5.41) is 19.9. The van der Waals surface area contributed by atoms with Gasteiger partial charge in [0.2, 0.25) is 0 Å². The van der Waals surface area contributed by atoms with Crippen molar-refractivity contribution in [3.05, 3.63) is 0 Å². The summed E-state index contributed by atoms with van der Waals surface area (Å²) < 4.78 is 26.6. The predicted octanol–water partition coefficient (Wildman–Crippen LogP) is 6.44. The fourth-order valence-corrected chi connectivity index (χ4v) is 9.39. The molecule has 10 nitrogen and oxygen atoms in total. The monoisotopic (exact) mass is 652 g/mol. The summed E-state index contributed by atoms with van der Waals surface area (Å²) >= 11 is 0. The minimum absolute atomic E-state index is 0.139. The standard InChI is InChI=1S/C36H64N2O8/c1-30(2)22-35(23-31(3,4)37(30)9)43-20-26(45-35)18-34(29(41)42,17-15-13-11-12-14-16-28(39)40)19-27-21-44-36(46-27)24-32(5,6)38(10)33(7,8)25-36/h26-27H,11-25H2,1-10H3,(H,39,40)(H,41,42). The lowest BCUT2D eigenvalue weighted by Gasteiger charge is -2.56. The number of carboxylic acid groups (broad SMARTS) is 2. The molecule has 2 spiro atoms. The van der Waals surface area contributed by atoms with Gasteiger partial charge in [-0.3, -0.25) is 19.4 Å². The molecule has 2 unspecified atom stereocenters. The third-order valence-corrected chi connectivity index (χ3v) is 12.0. The molecule has 4 fully saturated rings. The van der Waals surface area contributed by atoms with Gasteiger partial charge in [-0.15, -0.1) is 0 Å². The van der Waals surface area contributed by atoms with E-state index in [1.807, 2.05) is 0 Å². The Labute approximate surface area is 277 Å². The fraction of sp³-hybridized carbons (Fsp3) is 0.944. The van der Waals surface area contributed by atoms with E-state index in [2.05, 4.69) is 79.3 Å². The number of carbonyl (C=O) groups is 2.